The van der Waals surface area contributed by atoms with Gasteiger partial charge in [0.25, 0.3) is 0 Å². The summed E-state index contributed by atoms with van der Waals surface area (Å²) >= 11 is 5.95. The summed E-state index contributed by atoms with van der Waals surface area (Å²) in [6, 6.07) is 6.17. The van der Waals surface area contributed by atoms with Crippen molar-refractivity contribution in [3.8, 4) is 0 Å². The van der Waals surface area contributed by atoms with E-state index >= 15 is 0 Å². The van der Waals surface area contributed by atoms with Gasteiger partial charge in [-0.2, -0.15) is 0 Å². The van der Waals surface area contributed by atoms with Gasteiger partial charge in [-0.15, -0.1) is 0 Å². The fourth-order valence-corrected chi connectivity index (χ4v) is 2.46. The summed E-state index contributed by atoms with van der Waals surface area (Å²) in [5.74, 6) is 0.584. The minimum Gasteiger partial charge on any atom is -0.325 e. The van der Waals surface area contributed by atoms with Crippen LogP contribution in [0.25, 0.3) is 0 Å². The molecule has 68 valence electrons. The molecule has 2 N–H and O–H groups in total. The monoisotopic (exact) mass is 193 g/mol. The Morgan fingerprint density at radius 2 is 2.15 bits per heavy atom. The van der Waals surface area contributed by atoms with Gasteiger partial charge in [0, 0.05) is 16.5 Å². The second-order valence-electron chi connectivity index (χ2n) is 4.33. The summed E-state index contributed by atoms with van der Waals surface area (Å²) in [5.41, 5.74) is 9.13. The molecule has 1 saturated carbocycles. The van der Waals surface area contributed by atoms with Crippen LogP contribution >= 0.6 is 11.6 Å². The molecule has 3 rings (SSSR count). The van der Waals surface area contributed by atoms with Crippen molar-refractivity contribution in [3.63, 3.8) is 0 Å². The Morgan fingerprint density at radius 1 is 1.38 bits per heavy atom. The van der Waals surface area contributed by atoms with Gasteiger partial charge in [-0.1, -0.05) is 17.7 Å². The Morgan fingerprint density at radius 3 is 2.85 bits per heavy atom. The number of hydrogen-bond donors (Lipinski definition) is 1. The Hall–Kier alpha value is -0.530. The highest BCUT2D eigenvalue weighted by Crippen LogP contribution is 2.52. The normalized spacial score (nSPS) is 27.7. The first-order valence-electron chi connectivity index (χ1n) is 4.76. The van der Waals surface area contributed by atoms with Crippen molar-refractivity contribution in [2.24, 2.45) is 5.73 Å². The predicted octanol–water partition coefficient (Wildman–Crippen LogP) is 2.47. The highest BCUT2D eigenvalue weighted by atomic mass is 35.5. The summed E-state index contributed by atoms with van der Waals surface area (Å²) in [6.45, 7) is 0. The number of hydrogen-bond acceptors (Lipinski definition) is 1. The van der Waals surface area contributed by atoms with Gasteiger partial charge in [0.2, 0.25) is 0 Å². The maximum absolute atomic E-state index is 6.17. The van der Waals surface area contributed by atoms with Gasteiger partial charge in [-0.05, 0) is 42.5 Å². The molecule has 1 unspecified atom stereocenters. The van der Waals surface area contributed by atoms with E-state index in [1.807, 2.05) is 6.07 Å². The standard InChI is InChI=1S/C11H12ClN/c12-8-2-1-7-5-10(9(7)6-8)11(13)3-4-11/h1-2,6,10H,3-5,13H2. The van der Waals surface area contributed by atoms with E-state index in [2.05, 4.69) is 12.1 Å². The lowest BCUT2D eigenvalue weighted by atomic mass is 9.72. The van der Waals surface area contributed by atoms with Crippen molar-refractivity contribution in [3.05, 3.63) is 34.3 Å². The lowest BCUT2D eigenvalue weighted by molar-refractivity contribution is 0.469. The van der Waals surface area contributed by atoms with Gasteiger partial charge in [-0.3, -0.25) is 0 Å². The van der Waals surface area contributed by atoms with Crippen LogP contribution in [0, 0.1) is 0 Å². The molecule has 1 aromatic carbocycles. The summed E-state index contributed by atoms with van der Waals surface area (Å²) < 4.78 is 0. The van der Waals surface area contributed by atoms with Crippen LogP contribution in [0.5, 0.6) is 0 Å². The Bertz CT molecular complexity index is 368. The number of fused-ring (bicyclic) bond motifs is 1. The largest absolute Gasteiger partial charge is 0.325 e. The minimum absolute atomic E-state index is 0.123. The Kier molecular flexibility index (Phi) is 1.38. The number of rotatable bonds is 1. The molecule has 1 atom stereocenters. The average Bonchev–Trinajstić information content (AvgIpc) is 2.76. The van der Waals surface area contributed by atoms with Crippen LogP contribution in [0.4, 0.5) is 0 Å². The molecule has 0 heterocycles. The average molecular weight is 194 g/mol. The second kappa shape index (κ2) is 2.28. The first-order chi connectivity index (χ1) is 6.19. The summed E-state index contributed by atoms with van der Waals surface area (Å²) in [6.07, 6.45) is 3.52. The van der Waals surface area contributed by atoms with Crippen LogP contribution in [0.2, 0.25) is 5.02 Å². The van der Waals surface area contributed by atoms with Gasteiger partial charge in [-0.25, -0.2) is 0 Å². The van der Waals surface area contributed by atoms with Crippen molar-refractivity contribution in [1.29, 1.82) is 0 Å². The molecular weight excluding hydrogens is 182 g/mol. The molecule has 1 nitrogen and oxygen atoms in total. The molecule has 0 bridgehead atoms. The van der Waals surface area contributed by atoms with Gasteiger partial charge < -0.3 is 5.73 Å². The lowest BCUT2D eigenvalue weighted by Gasteiger charge is -2.35. The van der Waals surface area contributed by atoms with Crippen LogP contribution in [0.3, 0.4) is 0 Å². The van der Waals surface area contributed by atoms with E-state index in [-0.39, 0.29) is 5.54 Å². The van der Waals surface area contributed by atoms with Gasteiger partial charge in [0.1, 0.15) is 0 Å². The first-order valence-corrected chi connectivity index (χ1v) is 5.14. The highest BCUT2D eigenvalue weighted by molar-refractivity contribution is 6.30. The fraction of sp³-hybridized carbons (Fsp3) is 0.455. The second-order valence-corrected chi connectivity index (χ2v) is 4.77. The van der Waals surface area contributed by atoms with Crippen LogP contribution in [0.15, 0.2) is 18.2 Å². The van der Waals surface area contributed by atoms with E-state index in [9.17, 15) is 0 Å². The molecule has 13 heavy (non-hydrogen) atoms. The van der Waals surface area contributed by atoms with E-state index in [4.69, 9.17) is 17.3 Å². The molecular formula is C11H12ClN. The zero-order valence-electron chi connectivity index (χ0n) is 7.39. The maximum atomic E-state index is 6.17. The van der Waals surface area contributed by atoms with Crippen LogP contribution in [-0.2, 0) is 6.42 Å². The zero-order valence-corrected chi connectivity index (χ0v) is 8.14. The number of benzene rings is 1. The van der Waals surface area contributed by atoms with E-state index < -0.39 is 0 Å². The van der Waals surface area contributed by atoms with E-state index in [0.29, 0.717) is 5.92 Å². The topological polar surface area (TPSA) is 26.0 Å². The lowest BCUT2D eigenvalue weighted by Crippen LogP contribution is -2.37. The maximum Gasteiger partial charge on any atom is 0.0409 e. The van der Waals surface area contributed by atoms with Crippen molar-refractivity contribution >= 4 is 11.6 Å². The van der Waals surface area contributed by atoms with Crippen molar-refractivity contribution in [2.45, 2.75) is 30.7 Å². The van der Waals surface area contributed by atoms with Crippen molar-refractivity contribution in [1.82, 2.24) is 0 Å². The van der Waals surface area contributed by atoms with Crippen molar-refractivity contribution < 1.29 is 0 Å². The third-order valence-corrected chi connectivity index (χ3v) is 3.66. The molecule has 1 aromatic rings. The van der Waals surface area contributed by atoms with Crippen molar-refractivity contribution in [2.75, 3.05) is 0 Å². The molecule has 0 spiro atoms. The predicted molar refractivity (Wildman–Crippen MR) is 54.0 cm³/mol. The third kappa shape index (κ3) is 1.04. The molecule has 1 fully saturated rings. The number of halogens is 1. The summed E-state index contributed by atoms with van der Waals surface area (Å²) in [4.78, 5) is 0. The van der Waals surface area contributed by atoms with Crippen LogP contribution in [0.1, 0.15) is 29.9 Å². The van der Waals surface area contributed by atoms with Gasteiger partial charge >= 0.3 is 0 Å². The smallest absolute Gasteiger partial charge is 0.0409 e. The SMILES string of the molecule is NC1(C2Cc3ccc(Cl)cc32)CC1. The first kappa shape index (κ1) is 7.84. The van der Waals surface area contributed by atoms with Gasteiger partial charge in [0.15, 0.2) is 0 Å². The van der Waals surface area contributed by atoms with Gasteiger partial charge in [0.05, 0.1) is 0 Å². The minimum atomic E-state index is 0.123. The number of nitrogens with two attached hydrogens (primary N) is 1. The fourth-order valence-electron chi connectivity index (χ4n) is 2.28. The quantitative estimate of drug-likeness (QED) is 0.729. The molecule has 0 saturated heterocycles. The van der Waals surface area contributed by atoms with Crippen LogP contribution in [-0.4, -0.2) is 5.54 Å². The summed E-state index contributed by atoms with van der Waals surface area (Å²) in [5, 5.41) is 0.840. The van der Waals surface area contributed by atoms with E-state index in [1.165, 1.54) is 24.0 Å². The highest BCUT2D eigenvalue weighted by Gasteiger charge is 2.50. The molecule has 2 heteroatoms. The molecule has 0 radical (unpaired) electrons. The molecule has 0 aliphatic heterocycles. The van der Waals surface area contributed by atoms with E-state index in [1.54, 1.807) is 0 Å². The summed E-state index contributed by atoms with van der Waals surface area (Å²) in [7, 11) is 0. The Balaban J connectivity index is 1.99. The van der Waals surface area contributed by atoms with E-state index in [0.717, 1.165) is 11.4 Å². The molecule has 0 amide bonds. The Labute approximate surface area is 82.9 Å². The molecule has 2 aliphatic carbocycles. The zero-order chi connectivity index (χ0) is 9.05. The third-order valence-electron chi connectivity index (χ3n) is 3.43. The van der Waals surface area contributed by atoms with Crippen LogP contribution < -0.4 is 5.73 Å². The molecule has 0 aromatic heterocycles. The molecule has 2 aliphatic rings.